The maximum Gasteiger partial charge on any atom is 0.321 e. The van der Waals surface area contributed by atoms with E-state index in [2.05, 4.69) is 10.3 Å². The topological polar surface area (TPSA) is 84.3 Å². The van der Waals surface area contributed by atoms with Gasteiger partial charge in [0.15, 0.2) is 5.16 Å². The molecular weight excluding hydrogens is 470 g/mol. The van der Waals surface area contributed by atoms with Crippen molar-refractivity contribution in [2.45, 2.75) is 28.8 Å². The number of alkyl halides is 2. The standard InChI is InChI=1S/C19H19ClF2N4O3S2/c1-11(30-19-24-14-6-4-5-7-15(14)26(19)18(21)22)17(27)23-12-8-9-13(20)16(10-12)31(28,29)25(2)3/h4-11,18H,1-3H3,(H,23,27)/t11-/m0/s1. The minimum absolute atomic E-state index is 0.00540. The molecule has 2 aromatic carbocycles. The number of para-hydroxylation sites is 2. The van der Waals surface area contributed by atoms with Gasteiger partial charge in [0.2, 0.25) is 15.9 Å². The second kappa shape index (κ2) is 9.11. The number of carbonyl (C=O) groups excluding carboxylic acids is 1. The first-order valence-corrected chi connectivity index (χ1v) is 11.7. The average molecular weight is 489 g/mol. The Hall–Kier alpha value is -2.21. The summed E-state index contributed by atoms with van der Waals surface area (Å²) in [6.45, 7) is -1.28. The zero-order valence-electron chi connectivity index (χ0n) is 16.7. The lowest BCUT2D eigenvalue weighted by Gasteiger charge is -2.16. The fourth-order valence-electron chi connectivity index (χ4n) is 2.73. The van der Waals surface area contributed by atoms with Crippen LogP contribution in [-0.4, -0.2) is 47.5 Å². The molecule has 3 rings (SSSR count). The van der Waals surface area contributed by atoms with E-state index < -0.39 is 27.7 Å². The van der Waals surface area contributed by atoms with E-state index in [0.717, 1.165) is 20.6 Å². The number of sulfonamides is 1. The van der Waals surface area contributed by atoms with Gasteiger partial charge >= 0.3 is 6.55 Å². The van der Waals surface area contributed by atoms with Crippen LogP contribution in [0, 0.1) is 0 Å². The fraction of sp³-hybridized carbons (Fsp3) is 0.263. The first-order valence-electron chi connectivity index (χ1n) is 8.97. The van der Waals surface area contributed by atoms with E-state index in [1.54, 1.807) is 25.1 Å². The second-order valence-electron chi connectivity index (χ2n) is 6.71. The molecule has 0 spiro atoms. The molecule has 12 heteroatoms. The molecule has 0 aliphatic carbocycles. The average Bonchev–Trinajstić information content (AvgIpc) is 3.07. The third-order valence-corrected chi connectivity index (χ3v) is 7.73. The Kier molecular flexibility index (Phi) is 6.89. The Morgan fingerprint density at radius 1 is 1.23 bits per heavy atom. The molecule has 31 heavy (non-hydrogen) atoms. The Balaban J connectivity index is 1.83. The number of imidazole rings is 1. The molecule has 7 nitrogen and oxygen atoms in total. The molecule has 0 aliphatic heterocycles. The normalized spacial score (nSPS) is 13.2. The van der Waals surface area contributed by atoms with Crippen LogP contribution in [0.2, 0.25) is 5.02 Å². The van der Waals surface area contributed by atoms with Gasteiger partial charge in [0, 0.05) is 19.8 Å². The van der Waals surface area contributed by atoms with Crippen LogP contribution in [0.15, 0.2) is 52.5 Å². The molecule has 0 radical (unpaired) electrons. The molecule has 1 atom stereocenters. The highest BCUT2D eigenvalue weighted by atomic mass is 35.5. The van der Waals surface area contributed by atoms with Crippen molar-refractivity contribution in [1.82, 2.24) is 13.9 Å². The van der Waals surface area contributed by atoms with Gasteiger partial charge in [-0.05, 0) is 37.3 Å². The van der Waals surface area contributed by atoms with E-state index in [1.807, 2.05) is 0 Å². The van der Waals surface area contributed by atoms with Crippen LogP contribution >= 0.6 is 23.4 Å². The van der Waals surface area contributed by atoms with Crippen molar-refractivity contribution >= 4 is 56.0 Å². The van der Waals surface area contributed by atoms with E-state index in [4.69, 9.17) is 11.6 Å². The van der Waals surface area contributed by atoms with Crippen LogP contribution in [-0.2, 0) is 14.8 Å². The number of nitrogens with zero attached hydrogens (tertiary/aromatic N) is 3. The maximum atomic E-state index is 13.6. The van der Waals surface area contributed by atoms with E-state index in [0.29, 0.717) is 5.52 Å². The summed E-state index contributed by atoms with van der Waals surface area (Å²) in [6, 6.07) is 10.5. The number of fused-ring (bicyclic) bond motifs is 1. The summed E-state index contributed by atoms with van der Waals surface area (Å²) in [7, 11) is -1.08. The van der Waals surface area contributed by atoms with Crippen LogP contribution in [0.4, 0.5) is 14.5 Å². The summed E-state index contributed by atoms with van der Waals surface area (Å²) < 4.78 is 53.7. The number of nitrogens with one attached hydrogen (secondary N) is 1. The van der Waals surface area contributed by atoms with Crippen molar-refractivity contribution in [3.8, 4) is 0 Å². The van der Waals surface area contributed by atoms with Crippen LogP contribution in [0.25, 0.3) is 11.0 Å². The number of benzene rings is 2. The molecular formula is C19H19ClF2N4O3S2. The molecule has 0 saturated heterocycles. The highest BCUT2D eigenvalue weighted by molar-refractivity contribution is 8.00. The zero-order valence-corrected chi connectivity index (χ0v) is 19.1. The predicted octanol–water partition coefficient (Wildman–Crippen LogP) is 4.45. The van der Waals surface area contributed by atoms with Gasteiger partial charge in [0.25, 0.3) is 0 Å². The molecule has 0 saturated carbocycles. The SMILES string of the molecule is C[C@H](Sc1nc2ccccc2n1C(F)F)C(=O)Nc1ccc(Cl)c(S(=O)(=O)N(C)C)c1. The van der Waals surface area contributed by atoms with Crippen molar-refractivity contribution in [2.75, 3.05) is 19.4 Å². The van der Waals surface area contributed by atoms with Gasteiger partial charge < -0.3 is 5.32 Å². The molecule has 1 heterocycles. The molecule has 1 amide bonds. The minimum atomic E-state index is -3.82. The van der Waals surface area contributed by atoms with Crippen molar-refractivity contribution < 1.29 is 22.0 Å². The number of thioether (sulfide) groups is 1. The summed E-state index contributed by atoms with van der Waals surface area (Å²) >= 11 is 6.89. The number of hydrogen-bond donors (Lipinski definition) is 1. The van der Waals surface area contributed by atoms with Gasteiger partial charge in [-0.3, -0.25) is 9.36 Å². The van der Waals surface area contributed by atoms with Gasteiger partial charge in [-0.1, -0.05) is 35.5 Å². The smallest absolute Gasteiger partial charge is 0.321 e. The molecule has 1 N–H and O–H groups in total. The van der Waals surface area contributed by atoms with E-state index >= 15 is 0 Å². The third kappa shape index (κ3) is 4.84. The van der Waals surface area contributed by atoms with Crippen LogP contribution in [0.5, 0.6) is 0 Å². The number of hydrogen-bond acceptors (Lipinski definition) is 5. The molecule has 166 valence electrons. The summed E-state index contributed by atoms with van der Waals surface area (Å²) in [5, 5.41) is 1.82. The first kappa shape index (κ1) is 23.5. The molecule has 0 fully saturated rings. The lowest BCUT2D eigenvalue weighted by molar-refractivity contribution is -0.115. The van der Waals surface area contributed by atoms with Gasteiger partial charge in [0.05, 0.1) is 21.3 Å². The van der Waals surface area contributed by atoms with Gasteiger partial charge in [0.1, 0.15) is 4.90 Å². The Morgan fingerprint density at radius 3 is 2.55 bits per heavy atom. The fourth-order valence-corrected chi connectivity index (χ4v) is 5.04. The summed E-state index contributed by atoms with van der Waals surface area (Å²) in [4.78, 5) is 16.7. The van der Waals surface area contributed by atoms with Crippen LogP contribution in [0.3, 0.4) is 0 Å². The lowest BCUT2D eigenvalue weighted by Crippen LogP contribution is -2.24. The second-order valence-corrected chi connectivity index (χ2v) is 10.5. The largest absolute Gasteiger partial charge is 0.325 e. The number of amides is 1. The van der Waals surface area contributed by atoms with Gasteiger partial charge in [-0.15, -0.1) is 0 Å². The number of rotatable bonds is 7. The Bertz CT molecular complexity index is 1230. The monoisotopic (exact) mass is 488 g/mol. The van der Waals surface area contributed by atoms with E-state index in [-0.39, 0.29) is 26.3 Å². The third-order valence-electron chi connectivity index (χ3n) is 4.37. The quantitative estimate of drug-likeness (QED) is 0.496. The molecule has 0 unspecified atom stereocenters. The minimum Gasteiger partial charge on any atom is -0.325 e. The van der Waals surface area contributed by atoms with Gasteiger partial charge in [-0.2, -0.15) is 8.78 Å². The predicted molar refractivity (Wildman–Crippen MR) is 117 cm³/mol. The summed E-state index contributed by atoms with van der Waals surface area (Å²) in [5.74, 6) is -0.506. The van der Waals surface area contributed by atoms with Crippen molar-refractivity contribution in [1.29, 1.82) is 0 Å². The highest BCUT2D eigenvalue weighted by Crippen LogP contribution is 2.32. The van der Waals surface area contributed by atoms with Crippen LogP contribution in [0.1, 0.15) is 13.5 Å². The Morgan fingerprint density at radius 2 is 1.90 bits per heavy atom. The molecule has 3 aromatic rings. The zero-order chi connectivity index (χ0) is 22.9. The number of aromatic nitrogens is 2. The van der Waals surface area contributed by atoms with E-state index in [9.17, 15) is 22.0 Å². The number of halogens is 3. The van der Waals surface area contributed by atoms with Crippen LogP contribution < -0.4 is 5.32 Å². The first-order chi connectivity index (χ1) is 14.5. The molecule has 0 aliphatic rings. The maximum absolute atomic E-state index is 13.6. The van der Waals surface area contributed by atoms with Gasteiger partial charge in [-0.25, -0.2) is 17.7 Å². The number of carbonyl (C=O) groups is 1. The Labute approximate surface area is 187 Å². The van der Waals surface area contributed by atoms with Crippen molar-refractivity contribution in [3.63, 3.8) is 0 Å². The van der Waals surface area contributed by atoms with E-state index in [1.165, 1.54) is 38.4 Å². The summed E-state index contributed by atoms with van der Waals surface area (Å²) in [5.41, 5.74) is 0.877. The highest BCUT2D eigenvalue weighted by Gasteiger charge is 2.25. The molecule has 0 bridgehead atoms. The van der Waals surface area contributed by atoms with Crippen molar-refractivity contribution in [3.05, 3.63) is 47.5 Å². The lowest BCUT2D eigenvalue weighted by atomic mass is 10.3. The number of anilines is 1. The summed E-state index contributed by atoms with van der Waals surface area (Å²) in [6.07, 6.45) is 0. The van der Waals surface area contributed by atoms with Crippen molar-refractivity contribution in [2.24, 2.45) is 0 Å². The molecule has 1 aromatic heterocycles.